The standard InChI is InChI=1S/C16H32N6O2S/c1-17-14(23)12-22-8-5-13(6-9-22)20-16(18-7-10-25-4)19-11-15(24)21(2)3/h13H,5-12H2,1-4H3,(H,17,23)(H2,18,19,20). The van der Waals surface area contributed by atoms with E-state index in [0.717, 1.165) is 38.2 Å². The van der Waals surface area contributed by atoms with Crippen LogP contribution in [0.3, 0.4) is 0 Å². The van der Waals surface area contributed by atoms with Crippen molar-refractivity contribution in [1.29, 1.82) is 0 Å². The summed E-state index contributed by atoms with van der Waals surface area (Å²) in [6, 6.07) is 0.302. The SMILES string of the molecule is CNC(=O)CN1CCC(NC(=NCC(=O)N(C)C)NCCSC)CC1. The van der Waals surface area contributed by atoms with Crippen molar-refractivity contribution in [3.05, 3.63) is 0 Å². The van der Waals surface area contributed by atoms with E-state index in [2.05, 4.69) is 32.1 Å². The number of amides is 2. The summed E-state index contributed by atoms with van der Waals surface area (Å²) in [6.07, 6.45) is 3.95. The highest BCUT2D eigenvalue weighted by Crippen LogP contribution is 2.09. The number of piperidine rings is 1. The first-order valence-corrected chi connectivity index (χ1v) is 10.0. The molecular weight excluding hydrogens is 340 g/mol. The lowest BCUT2D eigenvalue weighted by Gasteiger charge is -2.32. The number of nitrogens with zero attached hydrogens (tertiary/aromatic N) is 3. The Morgan fingerprint density at radius 2 is 1.96 bits per heavy atom. The van der Waals surface area contributed by atoms with E-state index in [1.54, 1.807) is 37.8 Å². The Balaban J connectivity index is 2.49. The summed E-state index contributed by atoms with van der Waals surface area (Å²) in [4.78, 5) is 31.3. The molecule has 0 atom stereocenters. The zero-order valence-electron chi connectivity index (χ0n) is 15.8. The van der Waals surface area contributed by atoms with Crippen LogP contribution in [0.2, 0.25) is 0 Å². The van der Waals surface area contributed by atoms with Crippen molar-refractivity contribution >= 4 is 29.5 Å². The highest BCUT2D eigenvalue weighted by molar-refractivity contribution is 7.98. The lowest BCUT2D eigenvalue weighted by molar-refractivity contribution is -0.127. The van der Waals surface area contributed by atoms with Crippen LogP contribution in [-0.4, -0.2) is 99.5 Å². The molecule has 0 saturated carbocycles. The van der Waals surface area contributed by atoms with Gasteiger partial charge in [-0.2, -0.15) is 11.8 Å². The van der Waals surface area contributed by atoms with E-state index in [1.165, 1.54) is 0 Å². The predicted molar refractivity (Wildman–Crippen MR) is 104 cm³/mol. The molecule has 1 heterocycles. The quantitative estimate of drug-likeness (QED) is 0.293. The Morgan fingerprint density at radius 1 is 1.28 bits per heavy atom. The first-order chi connectivity index (χ1) is 12.0. The van der Waals surface area contributed by atoms with Gasteiger partial charge in [0.05, 0.1) is 6.54 Å². The Labute approximate surface area is 155 Å². The van der Waals surface area contributed by atoms with Crippen LogP contribution in [-0.2, 0) is 9.59 Å². The third-order valence-electron chi connectivity index (χ3n) is 4.04. The maximum absolute atomic E-state index is 11.8. The topological polar surface area (TPSA) is 89.1 Å². The summed E-state index contributed by atoms with van der Waals surface area (Å²) in [5, 5.41) is 9.37. The van der Waals surface area contributed by atoms with Crippen LogP contribution >= 0.6 is 11.8 Å². The fourth-order valence-corrected chi connectivity index (χ4v) is 2.73. The second kappa shape index (κ2) is 12.0. The van der Waals surface area contributed by atoms with E-state index >= 15 is 0 Å². The zero-order valence-corrected chi connectivity index (χ0v) is 16.6. The van der Waals surface area contributed by atoms with Gasteiger partial charge in [0.25, 0.3) is 0 Å². The van der Waals surface area contributed by atoms with Gasteiger partial charge in [-0.15, -0.1) is 0 Å². The molecule has 1 fully saturated rings. The third kappa shape index (κ3) is 8.97. The number of nitrogens with one attached hydrogen (secondary N) is 3. The predicted octanol–water partition coefficient (Wildman–Crippen LogP) is -0.817. The molecule has 0 aromatic carbocycles. The van der Waals surface area contributed by atoms with Crippen molar-refractivity contribution < 1.29 is 9.59 Å². The van der Waals surface area contributed by atoms with E-state index < -0.39 is 0 Å². The average Bonchev–Trinajstić information content (AvgIpc) is 2.60. The van der Waals surface area contributed by atoms with Crippen LogP contribution in [0.25, 0.3) is 0 Å². The summed E-state index contributed by atoms with van der Waals surface area (Å²) in [5.74, 6) is 1.70. The van der Waals surface area contributed by atoms with Gasteiger partial charge in [-0.1, -0.05) is 0 Å². The van der Waals surface area contributed by atoms with Gasteiger partial charge in [-0.05, 0) is 19.1 Å². The van der Waals surface area contributed by atoms with Gasteiger partial charge >= 0.3 is 0 Å². The Morgan fingerprint density at radius 3 is 2.52 bits per heavy atom. The summed E-state index contributed by atoms with van der Waals surface area (Å²) < 4.78 is 0. The molecule has 9 heteroatoms. The first kappa shape index (κ1) is 21.6. The number of rotatable bonds is 8. The molecule has 1 aliphatic heterocycles. The van der Waals surface area contributed by atoms with E-state index in [9.17, 15) is 9.59 Å². The second-order valence-corrected chi connectivity index (χ2v) is 7.23. The normalized spacial score (nSPS) is 16.4. The third-order valence-corrected chi connectivity index (χ3v) is 4.66. The molecule has 1 saturated heterocycles. The molecule has 144 valence electrons. The number of hydrogen-bond acceptors (Lipinski definition) is 5. The molecule has 8 nitrogen and oxygen atoms in total. The molecule has 25 heavy (non-hydrogen) atoms. The van der Waals surface area contributed by atoms with E-state index in [4.69, 9.17) is 0 Å². The fraction of sp³-hybridized carbons (Fsp3) is 0.812. The molecule has 0 aliphatic carbocycles. The number of likely N-dealkylation sites (tertiary alicyclic amines) is 1. The van der Waals surface area contributed by atoms with Crippen LogP contribution in [0.5, 0.6) is 0 Å². The molecule has 0 unspecified atom stereocenters. The van der Waals surface area contributed by atoms with Crippen LogP contribution in [0.4, 0.5) is 0 Å². The summed E-state index contributed by atoms with van der Waals surface area (Å²) in [7, 11) is 5.12. The Hall–Kier alpha value is -1.48. The monoisotopic (exact) mass is 372 g/mol. The Bertz CT molecular complexity index is 450. The van der Waals surface area contributed by atoms with Crippen LogP contribution in [0.15, 0.2) is 4.99 Å². The number of thioether (sulfide) groups is 1. The van der Waals surface area contributed by atoms with Crippen molar-refractivity contribution in [2.24, 2.45) is 4.99 Å². The molecule has 1 aliphatic rings. The van der Waals surface area contributed by atoms with Gasteiger partial charge in [-0.25, -0.2) is 4.99 Å². The number of likely N-dealkylation sites (N-methyl/N-ethyl adjacent to an activating group) is 2. The van der Waals surface area contributed by atoms with Gasteiger partial charge < -0.3 is 20.9 Å². The number of guanidine groups is 1. The maximum atomic E-state index is 11.8. The molecule has 0 aromatic rings. The maximum Gasteiger partial charge on any atom is 0.243 e. The lowest BCUT2D eigenvalue weighted by Crippen LogP contribution is -2.50. The second-order valence-electron chi connectivity index (χ2n) is 6.24. The van der Waals surface area contributed by atoms with E-state index in [1.807, 2.05) is 0 Å². The minimum Gasteiger partial charge on any atom is -0.358 e. The minimum atomic E-state index is -0.0219. The van der Waals surface area contributed by atoms with Crippen LogP contribution < -0.4 is 16.0 Å². The summed E-state index contributed by atoms with van der Waals surface area (Å²) in [6.45, 7) is 3.14. The summed E-state index contributed by atoms with van der Waals surface area (Å²) in [5.41, 5.74) is 0. The van der Waals surface area contributed by atoms with Crippen molar-refractivity contribution in [2.75, 3.05) is 65.9 Å². The number of aliphatic imine (C=N–C) groups is 1. The molecule has 3 N–H and O–H groups in total. The first-order valence-electron chi connectivity index (χ1n) is 8.63. The molecule has 0 spiro atoms. The van der Waals surface area contributed by atoms with Crippen LogP contribution in [0.1, 0.15) is 12.8 Å². The smallest absolute Gasteiger partial charge is 0.243 e. The largest absolute Gasteiger partial charge is 0.358 e. The van der Waals surface area contributed by atoms with Gasteiger partial charge in [0, 0.05) is 52.6 Å². The lowest BCUT2D eigenvalue weighted by atomic mass is 10.1. The number of carbonyl (C=O) groups excluding carboxylic acids is 2. The zero-order chi connectivity index (χ0) is 18.7. The van der Waals surface area contributed by atoms with E-state index in [-0.39, 0.29) is 18.4 Å². The molecule has 0 radical (unpaired) electrons. The van der Waals surface area contributed by atoms with Gasteiger partial charge in [0.15, 0.2) is 5.96 Å². The average molecular weight is 373 g/mol. The highest BCUT2D eigenvalue weighted by atomic mass is 32.2. The van der Waals surface area contributed by atoms with E-state index in [0.29, 0.717) is 18.5 Å². The van der Waals surface area contributed by atoms with Gasteiger partial charge in [-0.3, -0.25) is 14.5 Å². The fourth-order valence-electron chi connectivity index (χ4n) is 2.42. The van der Waals surface area contributed by atoms with Crippen molar-refractivity contribution in [3.8, 4) is 0 Å². The molecule has 1 rings (SSSR count). The summed E-state index contributed by atoms with van der Waals surface area (Å²) >= 11 is 1.76. The molecular formula is C16H32N6O2S. The van der Waals surface area contributed by atoms with Crippen molar-refractivity contribution in [2.45, 2.75) is 18.9 Å². The van der Waals surface area contributed by atoms with Crippen LogP contribution in [0, 0.1) is 0 Å². The van der Waals surface area contributed by atoms with Crippen molar-refractivity contribution in [3.63, 3.8) is 0 Å². The number of hydrogen-bond donors (Lipinski definition) is 3. The molecule has 0 aromatic heterocycles. The number of carbonyl (C=O) groups is 2. The molecule has 2 amide bonds. The highest BCUT2D eigenvalue weighted by Gasteiger charge is 2.21. The Kier molecular flexibility index (Phi) is 10.3. The van der Waals surface area contributed by atoms with Gasteiger partial charge in [0.2, 0.25) is 11.8 Å². The van der Waals surface area contributed by atoms with Gasteiger partial charge in [0.1, 0.15) is 6.54 Å². The van der Waals surface area contributed by atoms with Crippen molar-refractivity contribution in [1.82, 2.24) is 25.8 Å². The minimum absolute atomic E-state index is 0.0219. The molecule has 0 bridgehead atoms.